The van der Waals surface area contributed by atoms with Crippen LogP contribution in [-0.2, 0) is 13.1 Å². The van der Waals surface area contributed by atoms with Crippen molar-refractivity contribution in [2.45, 2.75) is 53.6 Å². The summed E-state index contributed by atoms with van der Waals surface area (Å²) < 4.78 is 4.67. The molecule has 26 heavy (non-hydrogen) atoms. The molecule has 0 saturated carbocycles. The molecular formula is C20H26N4O2. The number of nitrogens with zero attached hydrogens (tertiary/aromatic N) is 4. The van der Waals surface area contributed by atoms with Crippen molar-refractivity contribution in [2.24, 2.45) is 5.92 Å². The maximum atomic E-state index is 13.0. The largest absolute Gasteiger partial charge is 0.337 e. The number of fused-ring (bicyclic) bond motifs is 1. The normalized spacial score (nSPS) is 11.8. The first-order valence-electron chi connectivity index (χ1n) is 9.16. The van der Waals surface area contributed by atoms with Gasteiger partial charge in [0.2, 0.25) is 0 Å². The van der Waals surface area contributed by atoms with Gasteiger partial charge in [-0.25, -0.2) is 14.3 Å². The Kier molecular flexibility index (Phi) is 4.85. The van der Waals surface area contributed by atoms with Crippen LogP contribution in [0.25, 0.3) is 16.9 Å². The van der Waals surface area contributed by atoms with Crippen LogP contribution < -0.4 is 11.2 Å². The molecule has 0 fully saturated rings. The third-order valence-electron chi connectivity index (χ3n) is 4.60. The van der Waals surface area contributed by atoms with Gasteiger partial charge in [-0.2, -0.15) is 0 Å². The monoisotopic (exact) mass is 354 g/mol. The molecule has 3 aromatic rings. The number of rotatable bonds is 5. The first-order valence-corrected chi connectivity index (χ1v) is 9.16. The van der Waals surface area contributed by atoms with Gasteiger partial charge in [0.25, 0.3) is 5.56 Å². The zero-order valence-electron chi connectivity index (χ0n) is 16.1. The van der Waals surface area contributed by atoms with Crippen molar-refractivity contribution in [1.29, 1.82) is 0 Å². The molecule has 0 amide bonds. The van der Waals surface area contributed by atoms with Crippen molar-refractivity contribution in [1.82, 2.24) is 18.7 Å². The van der Waals surface area contributed by atoms with E-state index in [1.807, 2.05) is 35.8 Å². The molecule has 2 heterocycles. The van der Waals surface area contributed by atoms with Crippen LogP contribution in [0.4, 0.5) is 0 Å². The van der Waals surface area contributed by atoms with Crippen molar-refractivity contribution < 1.29 is 0 Å². The number of imidazole rings is 1. The van der Waals surface area contributed by atoms with Gasteiger partial charge in [-0.1, -0.05) is 39.8 Å². The number of aromatic nitrogens is 4. The second-order valence-electron chi connectivity index (χ2n) is 7.38. The lowest BCUT2D eigenvalue weighted by molar-refractivity contribution is 0.530. The molecule has 0 saturated heterocycles. The number of hydrogen-bond acceptors (Lipinski definition) is 3. The molecule has 0 aliphatic heterocycles. The van der Waals surface area contributed by atoms with Gasteiger partial charge in [-0.15, -0.1) is 0 Å². The van der Waals surface area contributed by atoms with Gasteiger partial charge < -0.3 is 4.57 Å². The molecule has 0 atom stereocenters. The van der Waals surface area contributed by atoms with E-state index in [1.54, 1.807) is 10.9 Å². The third-order valence-corrected chi connectivity index (χ3v) is 4.60. The Morgan fingerprint density at radius 2 is 1.69 bits per heavy atom. The molecule has 0 unspecified atom stereocenters. The maximum Gasteiger partial charge on any atom is 0.337 e. The topological polar surface area (TPSA) is 61.8 Å². The van der Waals surface area contributed by atoms with Gasteiger partial charge in [0.05, 0.1) is 12.0 Å². The van der Waals surface area contributed by atoms with Gasteiger partial charge in [0, 0.05) is 13.1 Å². The van der Waals surface area contributed by atoms with Gasteiger partial charge >= 0.3 is 5.69 Å². The second kappa shape index (κ2) is 6.94. The summed E-state index contributed by atoms with van der Waals surface area (Å²) in [5.41, 5.74) is 2.20. The zero-order chi connectivity index (χ0) is 19.0. The highest BCUT2D eigenvalue weighted by molar-refractivity contribution is 5.72. The summed E-state index contributed by atoms with van der Waals surface area (Å²) in [7, 11) is 0. The fraction of sp³-hybridized carbons (Fsp3) is 0.450. The average Bonchev–Trinajstić information content (AvgIpc) is 2.98. The van der Waals surface area contributed by atoms with Gasteiger partial charge in [-0.3, -0.25) is 9.36 Å². The lowest BCUT2D eigenvalue weighted by Crippen LogP contribution is -2.39. The zero-order valence-corrected chi connectivity index (χ0v) is 16.1. The molecule has 0 spiro atoms. The van der Waals surface area contributed by atoms with Crippen molar-refractivity contribution in [2.75, 3.05) is 0 Å². The van der Waals surface area contributed by atoms with Crippen LogP contribution in [0.5, 0.6) is 0 Å². The Morgan fingerprint density at radius 3 is 2.23 bits per heavy atom. The van der Waals surface area contributed by atoms with E-state index in [4.69, 9.17) is 0 Å². The highest BCUT2D eigenvalue weighted by Gasteiger charge is 2.18. The smallest absolute Gasteiger partial charge is 0.324 e. The SMILES string of the molecule is CCn1c(=O)c2c(ncn2CC(C)C)n(-c2ccc(C(C)C)cc2)c1=O. The molecule has 0 N–H and O–H groups in total. The fourth-order valence-electron chi connectivity index (χ4n) is 3.23. The standard InChI is InChI=1S/C20H26N4O2/c1-6-23-19(25)17-18(21-12-22(17)11-13(2)3)24(20(23)26)16-9-7-15(8-10-16)14(4)5/h7-10,12-14H,6,11H2,1-5H3. The van der Waals surface area contributed by atoms with E-state index < -0.39 is 0 Å². The molecule has 138 valence electrons. The molecule has 0 radical (unpaired) electrons. The van der Waals surface area contributed by atoms with Gasteiger partial charge in [0.1, 0.15) is 0 Å². The highest BCUT2D eigenvalue weighted by atomic mass is 16.2. The first kappa shape index (κ1) is 18.2. The molecule has 6 nitrogen and oxygen atoms in total. The minimum atomic E-state index is -0.350. The summed E-state index contributed by atoms with van der Waals surface area (Å²) in [6.07, 6.45) is 1.66. The number of hydrogen-bond donors (Lipinski definition) is 0. The van der Waals surface area contributed by atoms with E-state index in [0.717, 1.165) is 5.69 Å². The lowest BCUT2D eigenvalue weighted by atomic mass is 10.0. The summed E-state index contributed by atoms with van der Waals surface area (Å²) in [5, 5.41) is 0. The van der Waals surface area contributed by atoms with E-state index in [2.05, 4.69) is 32.7 Å². The van der Waals surface area contributed by atoms with E-state index >= 15 is 0 Å². The second-order valence-corrected chi connectivity index (χ2v) is 7.38. The predicted molar refractivity (Wildman–Crippen MR) is 104 cm³/mol. The van der Waals surface area contributed by atoms with Gasteiger partial charge in [-0.05, 0) is 36.5 Å². The highest BCUT2D eigenvalue weighted by Crippen LogP contribution is 2.18. The molecule has 3 rings (SSSR count). The lowest BCUT2D eigenvalue weighted by Gasteiger charge is -2.13. The van der Waals surface area contributed by atoms with E-state index in [1.165, 1.54) is 10.1 Å². The summed E-state index contributed by atoms with van der Waals surface area (Å²) in [4.78, 5) is 30.2. The molecule has 0 aliphatic rings. The van der Waals surface area contributed by atoms with E-state index in [9.17, 15) is 9.59 Å². The molecular weight excluding hydrogens is 328 g/mol. The fourth-order valence-corrected chi connectivity index (χ4v) is 3.23. The Hall–Kier alpha value is -2.63. The molecule has 0 bridgehead atoms. The van der Waals surface area contributed by atoms with E-state index in [0.29, 0.717) is 36.1 Å². The van der Waals surface area contributed by atoms with Crippen LogP contribution in [0, 0.1) is 5.92 Å². The molecule has 0 aliphatic carbocycles. The predicted octanol–water partition coefficient (Wildman–Crippen LogP) is 3.15. The summed E-state index contributed by atoms with van der Waals surface area (Å²) in [6.45, 7) is 11.2. The molecule has 1 aromatic carbocycles. The Bertz CT molecular complexity index is 1040. The average molecular weight is 354 g/mol. The Morgan fingerprint density at radius 1 is 1.04 bits per heavy atom. The minimum absolute atomic E-state index is 0.277. The van der Waals surface area contributed by atoms with Crippen molar-refractivity contribution in [3.05, 3.63) is 57.0 Å². The molecule has 2 aromatic heterocycles. The van der Waals surface area contributed by atoms with Crippen LogP contribution in [0.1, 0.15) is 46.1 Å². The summed E-state index contributed by atoms with van der Waals surface area (Å²) in [5.74, 6) is 0.781. The first-order chi connectivity index (χ1) is 12.3. The van der Waals surface area contributed by atoms with Crippen LogP contribution >= 0.6 is 0 Å². The number of benzene rings is 1. The van der Waals surface area contributed by atoms with Crippen LogP contribution in [0.3, 0.4) is 0 Å². The Labute approximate surface area is 152 Å². The van der Waals surface area contributed by atoms with Crippen molar-refractivity contribution >= 4 is 11.2 Å². The minimum Gasteiger partial charge on any atom is -0.324 e. The summed E-state index contributed by atoms with van der Waals surface area (Å²) >= 11 is 0. The Balaban J connectivity index is 2.32. The van der Waals surface area contributed by atoms with Gasteiger partial charge in [0.15, 0.2) is 11.2 Å². The van der Waals surface area contributed by atoms with Crippen LogP contribution in [0.15, 0.2) is 40.2 Å². The van der Waals surface area contributed by atoms with Crippen molar-refractivity contribution in [3.8, 4) is 5.69 Å². The summed E-state index contributed by atoms with van der Waals surface area (Å²) in [6, 6.07) is 7.87. The van der Waals surface area contributed by atoms with E-state index in [-0.39, 0.29) is 11.2 Å². The van der Waals surface area contributed by atoms with Crippen LogP contribution in [0.2, 0.25) is 0 Å². The van der Waals surface area contributed by atoms with Crippen LogP contribution in [-0.4, -0.2) is 18.7 Å². The van der Waals surface area contributed by atoms with Crippen molar-refractivity contribution in [3.63, 3.8) is 0 Å². The molecule has 6 heteroatoms. The maximum absolute atomic E-state index is 13.0. The third kappa shape index (κ3) is 3.00. The quantitative estimate of drug-likeness (QED) is 0.707.